The van der Waals surface area contributed by atoms with E-state index in [1.165, 1.54) is 6.07 Å². The van der Waals surface area contributed by atoms with E-state index in [-0.39, 0.29) is 17.0 Å². The van der Waals surface area contributed by atoms with Crippen molar-refractivity contribution in [2.24, 2.45) is 0 Å². The first-order chi connectivity index (χ1) is 15.1. The number of hydrogen-bond acceptors (Lipinski definition) is 4. The van der Waals surface area contributed by atoms with E-state index in [0.29, 0.717) is 22.5 Å². The van der Waals surface area contributed by atoms with E-state index in [2.05, 4.69) is 15.3 Å². The van der Waals surface area contributed by atoms with Gasteiger partial charge in [-0.2, -0.15) is 0 Å². The molecule has 0 saturated heterocycles. The average molecular weight is 406 g/mol. The first-order valence-corrected chi connectivity index (χ1v) is 9.87. The van der Waals surface area contributed by atoms with E-state index < -0.39 is 0 Å². The second kappa shape index (κ2) is 7.50. The van der Waals surface area contributed by atoms with Crippen LogP contribution in [0.3, 0.4) is 0 Å². The summed E-state index contributed by atoms with van der Waals surface area (Å²) in [7, 11) is 0. The van der Waals surface area contributed by atoms with Gasteiger partial charge in [-0.05, 0) is 19.1 Å². The zero-order chi connectivity index (χ0) is 21.4. The molecule has 2 aromatic heterocycles. The number of nitrogens with zero attached hydrogens (tertiary/aromatic N) is 3. The Bertz CT molecular complexity index is 1470. The van der Waals surface area contributed by atoms with Crippen LogP contribution in [-0.2, 0) is 0 Å². The van der Waals surface area contributed by atoms with Crippen molar-refractivity contribution in [3.8, 4) is 16.9 Å². The molecule has 0 aliphatic rings. The molecule has 0 spiro atoms. The monoisotopic (exact) mass is 406 g/mol. The van der Waals surface area contributed by atoms with Gasteiger partial charge in [0.05, 0.1) is 11.2 Å². The number of hydrogen-bond donors (Lipinski definition) is 1. The maximum absolute atomic E-state index is 13.3. The largest absolute Gasteiger partial charge is 0.322 e. The Hall–Kier alpha value is -4.32. The molecule has 0 unspecified atom stereocenters. The molecule has 5 aromatic rings. The Morgan fingerprint density at radius 2 is 1.61 bits per heavy atom. The summed E-state index contributed by atoms with van der Waals surface area (Å²) in [5.74, 6) is -0.226. The fraction of sp³-hybridized carbons (Fsp3) is 0.0400. The van der Waals surface area contributed by atoms with E-state index in [4.69, 9.17) is 0 Å². The summed E-state index contributed by atoms with van der Waals surface area (Å²) >= 11 is 0. The van der Waals surface area contributed by atoms with Crippen LogP contribution in [0.1, 0.15) is 21.6 Å². The highest BCUT2D eigenvalue weighted by molar-refractivity contribution is 6.11. The molecule has 31 heavy (non-hydrogen) atoms. The minimum atomic E-state index is -0.253. The Balaban J connectivity index is 1.81. The van der Waals surface area contributed by atoms with Crippen LogP contribution in [0.5, 0.6) is 0 Å². The summed E-state index contributed by atoms with van der Waals surface area (Å²) < 4.78 is 1.59. The predicted molar refractivity (Wildman–Crippen MR) is 120 cm³/mol. The molecule has 0 saturated carbocycles. The molecular formula is C25H18N4O2. The molecule has 150 valence electrons. The molecular weight excluding hydrogens is 388 g/mol. The maximum atomic E-state index is 13.3. The molecule has 5 rings (SSSR count). The molecule has 6 heteroatoms. The van der Waals surface area contributed by atoms with Gasteiger partial charge < -0.3 is 4.98 Å². The summed E-state index contributed by atoms with van der Waals surface area (Å²) in [6.07, 6.45) is 0. The topological polar surface area (TPSA) is 80.6 Å². The van der Waals surface area contributed by atoms with Gasteiger partial charge in [0.1, 0.15) is 5.69 Å². The van der Waals surface area contributed by atoms with Crippen LogP contribution >= 0.6 is 0 Å². The first kappa shape index (κ1) is 18.7. The lowest BCUT2D eigenvalue weighted by atomic mass is 10.0. The second-order valence-electron chi connectivity index (χ2n) is 7.33. The van der Waals surface area contributed by atoms with E-state index in [9.17, 15) is 9.59 Å². The number of aromatic nitrogens is 4. The number of fused-ring (bicyclic) bond motifs is 1. The number of aromatic amines is 1. The summed E-state index contributed by atoms with van der Waals surface area (Å²) in [4.78, 5) is 28.5. The average Bonchev–Trinajstić information content (AvgIpc) is 3.24. The van der Waals surface area contributed by atoms with Crippen molar-refractivity contribution in [2.45, 2.75) is 6.92 Å². The van der Waals surface area contributed by atoms with Crippen LogP contribution in [-0.4, -0.2) is 25.8 Å². The van der Waals surface area contributed by atoms with Gasteiger partial charge in [0, 0.05) is 22.6 Å². The number of pyridine rings is 1. The molecule has 0 amide bonds. The Kier molecular flexibility index (Phi) is 4.52. The van der Waals surface area contributed by atoms with Gasteiger partial charge in [0.2, 0.25) is 5.78 Å². The van der Waals surface area contributed by atoms with Gasteiger partial charge in [0.25, 0.3) is 5.56 Å². The highest BCUT2D eigenvalue weighted by Crippen LogP contribution is 2.29. The number of carbonyl (C=O) groups is 1. The lowest BCUT2D eigenvalue weighted by Crippen LogP contribution is -2.11. The van der Waals surface area contributed by atoms with Crippen LogP contribution < -0.4 is 5.56 Å². The Morgan fingerprint density at radius 3 is 2.35 bits per heavy atom. The normalized spacial score (nSPS) is 11.0. The highest BCUT2D eigenvalue weighted by atomic mass is 16.1. The van der Waals surface area contributed by atoms with Crippen LogP contribution in [0.25, 0.3) is 27.8 Å². The van der Waals surface area contributed by atoms with Gasteiger partial charge in [-0.15, -0.1) is 5.10 Å². The summed E-state index contributed by atoms with van der Waals surface area (Å²) in [6.45, 7) is 1.98. The number of ketones is 1. The van der Waals surface area contributed by atoms with E-state index in [0.717, 1.165) is 16.5 Å². The van der Waals surface area contributed by atoms with Crippen molar-refractivity contribution in [3.05, 3.63) is 112 Å². The van der Waals surface area contributed by atoms with Crippen LogP contribution in [0, 0.1) is 6.92 Å². The standard InChI is InChI=1S/C25H18N4O2/c1-16-12-13-20-19(14-16)21(15-22(30)26-20)29-24(17-8-4-2-5-9-17)23(27-28-29)25(31)18-10-6-3-7-11-18/h2-15H,1H3,(H,26,30). The van der Waals surface area contributed by atoms with E-state index in [1.54, 1.807) is 16.8 Å². The first-order valence-electron chi connectivity index (χ1n) is 9.87. The molecule has 0 aliphatic heterocycles. The smallest absolute Gasteiger partial charge is 0.250 e. The molecule has 0 atom stereocenters. The third-order valence-corrected chi connectivity index (χ3v) is 5.17. The highest BCUT2D eigenvalue weighted by Gasteiger charge is 2.24. The summed E-state index contributed by atoms with van der Waals surface area (Å²) in [5.41, 5.74) is 4.14. The lowest BCUT2D eigenvalue weighted by molar-refractivity contribution is 0.103. The third kappa shape index (κ3) is 3.34. The molecule has 0 radical (unpaired) electrons. The maximum Gasteiger partial charge on any atom is 0.250 e. The van der Waals surface area contributed by atoms with Crippen molar-refractivity contribution in [3.63, 3.8) is 0 Å². The molecule has 0 fully saturated rings. The van der Waals surface area contributed by atoms with Crippen molar-refractivity contribution in [1.82, 2.24) is 20.0 Å². The Labute approximate surface area is 177 Å². The van der Waals surface area contributed by atoms with Crippen LogP contribution in [0.15, 0.2) is 89.7 Å². The Morgan fingerprint density at radius 1 is 0.903 bits per heavy atom. The van der Waals surface area contributed by atoms with E-state index >= 15 is 0 Å². The van der Waals surface area contributed by atoms with Gasteiger partial charge >= 0.3 is 0 Å². The minimum Gasteiger partial charge on any atom is -0.322 e. The van der Waals surface area contributed by atoms with Gasteiger partial charge in [0.15, 0.2) is 5.69 Å². The zero-order valence-corrected chi connectivity index (χ0v) is 16.7. The number of rotatable bonds is 4. The zero-order valence-electron chi connectivity index (χ0n) is 16.7. The molecule has 0 aliphatic carbocycles. The van der Waals surface area contributed by atoms with Gasteiger partial charge in [-0.3, -0.25) is 9.59 Å². The van der Waals surface area contributed by atoms with Crippen molar-refractivity contribution >= 4 is 16.7 Å². The van der Waals surface area contributed by atoms with Crippen LogP contribution in [0.2, 0.25) is 0 Å². The predicted octanol–water partition coefficient (Wildman–Crippen LogP) is 4.32. The fourth-order valence-corrected chi connectivity index (χ4v) is 3.71. The summed E-state index contributed by atoms with van der Waals surface area (Å²) in [5, 5.41) is 9.40. The fourth-order valence-electron chi connectivity index (χ4n) is 3.71. The second-order valence-corrected chi connectivity index (χ2v) is 7.33. The molecule has 2 heterocycles. The third-order valence-electron chi connectivity index (χ3n) is 5.17. The number of carbonyl (C=O) groups excluding carboxylic acids is 1. The molecule has 1 N–H and O–H groups in total. The molecule has 3 aromatic carbocycles. The molecule has 0 bridgehead atoms. The van der Waals surface area contributed by atoms with E-state index in [1.807, 2.05) is 73.7 Å². The number of H-pyrrole nitrogens is 1. The number of benzene rings is 3. The lowest BCUT2D eigenvalue weighted by Gasteiger charge is -2.11. The van der Waals surface area contributed by atoms with Crippen molar-refractivity contribution in [1.29, 1.82) is 0 Å². The number of aryl methyl sites for hydroxylation is 1. The van der Waals surface area contributed by atoms with Gasteiger partial charge in [-0.1, -0.05) is 77.5 Å². The van der Waals surface area contributed by atoms with Gasteiger partial charge in [-0.25, -0.2) is 4.68 Å². The summed E-state index contributed by atoms with van der Waals surface area (Å²) in [6, 6.07) is 25.7. The van der Waals surface area contributed by atoms with Crippen LogP contribution in [0.4, 0.5) is 0 Å². The quantitative estimate of drug-likeness (QED) is 0.451. The minimum absolute atomic E-state index is 0.226. The number of nitrogens with one attached hydrogen (secondary N) is 1. The SMILES string of the molecule is Cc1ccc2[nH]c(=O)cc(-n3nnc(C(=O)c4ccccc4)c3-c3ccccc3)c2c1. The molecule has 6 nitrogen and oxygen atoms in total. The van der Waals surface area contributed by atoms with Crippen molar-refractivity contribution in [2.75, 3.05) is 0 Å². The van der Waals surface area contributed by atoms with Crippen molar-refractivity contribution < 1.29 is 4.79 Å².